The molecular formula is C18H29ClN2O. The molecule has 3 heterocycles. The van der Waals surface area contributed by atoms with Gasteiger partial charge in [0.25, 0.3) is 0 Å². The number of rotatable bonds is 2. The van der Waals surface area contributed by atoms with Gasteiger partial charge in [-0.2, -0.15) is 0 Å². The molecule has 0 N–H and O–H groups in total. The van der Waals surface area contributed by atoms with Gasteiger partial charge in [0.1, 0.15) is 0 Å². The van der Waals surface area contributed by atoms with E-state index in [9.17, 15) is 4.79 Å². The summed E-state index contributed by atoms with van der Waals surface area (Å²) in [7, 11) is 2.25. The van der Waals surface area contributed by atoms with Crippen LogP contribution in [0.2, 0.25) is 0 Å². The molecule has 0 aromatic heterocycles. The van der Waals surface area contributed by atoms with Crippen LogP contribution in [0.5, 0.6) is 0 Å². The van der Waals surface area contributed by atoms with Crippen LogP contribution in [-0.2, 0) is 4.79 Å². The topological polar surface area (TPSA) is 23.6 Å². The van der Waals surface area contributed by atoms with Gasteiger partial charge in [-0.15, -0.1) is 11.6 Å². The molecule has 22 heavy (non-hydrogen) atoms. The van der Waals surface area contributed by atoms with Crippen LogP contribution in [0, 0.1) is 17.8 Å². The normalized spacial score (nSPS) is 45.6. The number of fused-ring (bicyclic) bond motifs is 2. The van der Waals surface area contributed by atoms with Crippen LogP contribution in [-0.4, -0.2) is 53.3 Å². The SMILES string of the molecule is CN1C2CC[C@@H]1C[C@H](C1CCC(Cl)CC1)C2C(=O)N1CCC1. The second kappa shape index (κ2) is 5.98. The van der Waals surface area contributed by atoms with Crippen molar-refractivity contribution in [3.63, 3.8) is 0 Å². The Bertz CT molecular complexity index is 431. The van der Waals surface area contributed by atoms with Crippen molar-refractivity contribution in [1.29, 1.82) is 0 Å². The summed E-state index contributed by atoms with van der Waals surface area (Å²) in [5, 5.41) is 0.378. The molecule has 0 radical (unpaired) electrons. The standard InChI is InChI=1S/C18H29ClN2O/c1-20-14-7-8-16(20)17(18(22)21-9-2-10-21)15(11-14)12-3-5-13(19)6-4-12/h12-17H,2-11H2,1H3/t12?,13?,14-,15-,16?,17?/m1/s1. The maximum Gasteiger partial charge on any atom is 0.227 e. The summed E-state index contributed by atoms with van der Waals surface area (Å²) in [4.78, 5) is 17.8. The lowest BCUT2D eigenvalue weighted by atomic mass is 9.67. The predicted octanol–water partition coefficient (Wildman–Crippen LogP) is 3.12. The molecule has 3 aliphatic heterocycles. The number of piperidine rings is 1. The van der Waals surface area contributed by atoms with E-state index in [0.29, 0.717) is 23.2 Å². The van der Waals surface area contributed by atoms with Crippen LogP contribution < -0.4 is 0 Å². The Hall–Kier alpha value is -0.280. The number of nitrogens with zero attached hydrogens (tertiary/aromatic N) is 2. The van der Waals surface area contributed by atoms with E-state index in [-0.39, 0.29) is 5.92 Å². The molecule has 4 aliphatic rings. The Labute approximate surface area is 139 Å². The Morgan fingerprint density at radius 3 is 2.41 bits per heavy atom. The molecule has 4 heteroatoms. The average molecular weight is 325 g/mol. The summed E-state index contributed by atoms with van der Waals surface area (Å²) >= 11 is 6.31. The first-order chi connectivity index (χ1) is 10.6. The second-order valence-electron chi connectivity index (χ2n) is 8.08. The van der Waals surface area contributed by atoms with Crippen molar-refractivity contribution in [3.8, 4) is 0 Å². The number of carbonyl (C=O) groups is 1. The number of halogens is 1. The number of alkyl halides is 1. The monoisotopic (exact) mass is 324 g/mol. The Morgan fingerprint density at radius 2 is 1.77 bits per heavy atom. The lowest BCUT2D eigenvalue weighted by molar-refractivity contribution is -0.147. The summed E-state index contributed by atoms with van der Waals surface area (Å²) in [6.45, 7) is 1.99. The second-order valence-corrected chi connectivity index (χ2v) is 8.70. The summed E-state index contributed by atoms with van der Waals surface area (Å²) in [6, 6.07) is 1.23. The molecule has 1 saturated carbocycles. The van der Waals surface area contributed by atoms with Gasteiger partial charge in [0.2, 0.25) is 5.91 Å². The number of hydrogen-bond acceptors (Lipinski definition) is 2. The highest BCUT2D eigenvalue weighted by Crippen LogP contribution is 2.48. The molecule has 2 unspecified atom stereocenters. The minimum atomic E-state index is 0.265. The first-order valence-corrected chi connectivity index (χ1v) is 9.73. The molecule has 4 fully saturated rings. The van der Waals surface area contributed by atoms with Crippen molar-refractivity contribution in [2.45, 2.75) is 68.8 Å². The van der Waals surface area contributed by atoms with Crippen molar-refractivity contribution in [2.24, 2.45) is 17.8 Å². The molecule has 1 amide bonds. The molecule has 3 nitrogen and oxygen atoms in total. The van der Waals surface area contributed by atoms with Crippen molar-refractivity contribution < 1.29 is 4.79 Å². The van der Waals surface area contributed by atoms with Crippen LogP contribution in [0.4, 0.5) is 0 Å². The largest absolute Gasteiger partial charge is 0.342 e. The average Bonchev–Trinajstić information content (AvgIpc) is 2.70. The van der Waals surface area contributed by atoms with Gasteiger partial charge in [-0.05, 0) is 70.3 Å². The van der Waals surface area contributed by atoms with Gasteiger partial charge < -0.3 is 4.90 Å². The van der Waals surface area contributed by atoms with Crippen molar-refractivity contribution in [3.05, 3.63) is 0 Å². The molecule has 0 spiro atoms. The molecule has 2 bridgehead atoms. The van der Waals surface area contributed by atoms with E-state index in [4.69, 9.17) is 11.6 Å². The number of amides is 1. The van der Waals surface area contributed by atoms with Gasteiger partial charge in [-0.3, -0.25) is 9.69 Å². The molecule has 4 rings (SSSR count). The van der Waals surface area contributed by atoms with Gasteiger partial charge in [-0.25, -0.2) is 0 Å². The summed E-state index contributed by atoms with van der Waals surface area (Å²) in [5.74, 6) is 2.09. The highest BCUT2D eigenvalue weighted by Gasteiger charge is 2.52. The van der Waals surface area contributed by atoms with Gasteiger partial charge in [0, 0.05) is 30.6 Å². The van der Waals surface area contributed by atoms with Crippen LogP contribution in [0.1, 0.15) is 51.4 Å². The van der Waals surface area contributed by atoms with Gasteiger partial charge in [-0.1, -0.05) is 0 Å². The van der Waals surface area contributed by atoms with Crippen molar-refractivity contribution >= 4 is 17.5 Å². The maximum absolute atomic E-state index is 13.1. The van der Waals surface area contributed by atoms with Crippen molar-refractivity contribution in [2.75, 3.05) is 20.1 Å². The van der Waals surface area contributed by atoms with E-state index in [1.165, 1.54) is 38.5 Å². The molecular weight excluding hydrogens is 296 g/mol. The zero-order chi connectivity index (χ0) is 15.3. The first kappa shape index (κ1) is 15.3. The molecule has 1 aliphatic carbocycles. The summed E-state index contributed by atoms with van der Waals surface area (Å²) in [6.07, 6.45) is 9.76. The fourth-order valence-corrected chi connectivity index (χ4v) is 5.84. The lowest BCUT2D eigenvalue weighted by Gasteiger charge is -2.48. The van der Waals surface area contributed by atoms with E-state index >= 15 is 0 Å². The van der Waals surface area contributed by atoms with E-state index in [1.807, 2.05) is 0 Å². The molecule has 0 aromatic rings. The van der Waals surface area contributed by atoms with Crippen LogP contribution in [0.15, 0.2) is 0 Å². The fourth-order valence-electron chi connectivity index (χ4n) is 5.59. The Morgan fingerprint density at radius 1 is 1.05 bits per heavy atom. The predicted molar refractivity (Wildman–Crippen MR) is 89.0 cm³/mol. The van der Waals surface area contributed by atoms with Gasteiger partial charge in [0.15, 0.2) is 0 Å². The highest BCUT2D eigenvalue weighted by atomic mass is 35.5. The third-order valence-electron chi connectivity index (χ3n) is 7.07. The highest BCUT2D eigenvalue weighted by molar-refractivity contribution is 6.20. The molecule has 3 saturated heterocycles. The van der Waals surface area contributed by atoms with E-state index in [0.717, 1.165) is 37.9 Å². The third-order valence-corrected chi connectivity index (χ3v) is 7.51. The molecule has 0 aromatic carbocycles. The minimum absolute atomic E-state index is 0.265. The van der Waals surface area contributed by atoms with Crippen molar-refractivity contribution in [1.82, 2.24) is 9.80 Å². The Kier molecular flexibility index (Phi) is 4.14. The molecule has 4 atom stereocenters. The van der Waals surface area contributed by atoms with E-state index in [2.05, 4.69) is 16.8 Å². The lowest BCUT2D eigenvalue weighted by Crippen LogP contribution is -2.57. The zero-order valence-corrected chi connectivity index (χ0v) is 14.5. The zero-order valence-electron chi connectivity index (χ0n) is 13.7. The number of likely N-dealkylation sites (tertiary alicyclic amines) is 1. The van der Waals surface area contributed by atoms with Crippen LogP contribution in [0.25, 0.3) is 0 Å². The van der Waals surface area contributed by atoms with Crippen LogP contribution >= 0.6 is 11.6 Å². The number of carbonyl (C=O) groups excluding carboxylic acids is 1. The summed E-state index contributed by atoms with van der Waals surface area (Å²) in [5.41, 5.74) is 0. The Balaban J connectivity index is 1.55. The molecule has 124 valence electrons. The quantitative estimate of drug-likeness (QED) is 0.729. The van der Waals surface area contributed by atoms with E-state index < -0.39 is 0 Å². The fraction of sp³-hybridized carbons (Fsp3) is 0.944. The number of hydrogen-bond donors (Lipinski definition) is 0. The smallest absolute Gasteiger partial charge is 0.227 e. The first-order valence-electron chi connectivity index (χ1n) is 9.30. The minimum Gasteiger partial charge on any atom is -0.342 e. The van der Waals surface area contributed by atoms with Gasteiger partial charge in [0.05, 0.1) is 5.92 Å². The third kappa shape index (κ3) is 2.49. The van der Waals surface area contributed by atoms with E-state index in [1.54, 1.807) is 0 Å². The van der Waals surface area contributed by atoms with Gasteiger partial charge >= 0.3 is 0 Å². The summed E-state index contributed by atoms with van der Waals surface area (Å²) < 4.78 is 0. The maximum atomic E-state index is 13.1. The van der Waals surface area contributed by atoms with Crippen LogP contribution in [0.3, 0.4) is 0 Å².